The fraction of sp³-hybridized carbons (Fsp3) is 0.211. The predicted molar refractivity (Wildman–Crippen MR) is 94.5 cm³/mol. The molecule has 0 saturated carbocycles. The average Bonchev–Trinajstić information content (AvgIpc) is 3.25. The average molecular weight is 331 g/mol. The Labute approximate surface area is 144 Å². The third-order valence-corrected chi connectivity index (χ3v) is 4.86. The number of amides is 1. The molecule has 1 aliphatic rings. The van der Waals surface area contributed by atoms with Gasteiger partial charge >= 0.3 is 0 Å². The quantitative estimate of drug-likeness (QED) is 0.583. The van der Waals surface area contributed by atoms with Crippen LogP contribution in [-0.4, -0.2) is 36.9 Å². The summed E-state index contributed by atoms with van der Waals surface area (Å²) < 4.78 is 1.91. The number of aryl methyl sites for hydroxylation is 1. The molecule has 1 aromatic carbocycles. The highest BCUT2D eigenvalue weighted by Gasteiger charge is 2.24. The summed E-state index contributed by atoms with van der Waals surface area (Å²) in [4.78, 5) is 22.4. The zero-order valence-electron chi connectivity index (χ0n) is 13.9. The van der Waals surface area contributed by atoms with E-state index in [1.54, 1.807) is 0 Å². The van der Waals surface area contributed by atoms with Crippen molar-refractivity contribution in [2.45, 2.75) is 19.9 Å². The van der Waals surface area contributed by atoms with E-state index in [1.807, 2.05) is 59.1 Å². The van der Waals surface area contributed by atoms with Gasteiger partial charge < -0.3 is 9.88 Å². The first-order valence-corrected chi connectivity index (χ1v) is 8.38. The lowest BCUT2D eigenvalue weighted by molar-refractivity contribution is 0.0732. The molecule has 6 heteroatoms. The number of rotatable bonds is 1. The number of aromatic amines is 1. The number of carbonyl (C=O) groups is 1. The van der Waals surface area contributed by atoms with Crippen molar-refractivity contribution in [1.82, 2.24) is 24.5 Å². The maximum atomic E-state index is 12.9. The molecule has 0 fully saturated rings. The maximum absolute atomic E-state index is 12.9. The van der Waals surface area contributed by atoms with E-state index in [0.717, 1.165) is 39.9 Å². The minimum Gasteiger partial charge on any atom is -0.361 e. The van der Waals surface area contributed by atoms with Gasteiger partial charge in [0.2, 0.25) is 0 Å². The standard InChI is InChI=1S/C19H17N5O/c1-12-8-18-21-10-15-11-23(7-5-17(15)24(18)22-12)19(25)14-3-2-13-4-6-20-16(13)9-14/h2-4,6,8-10,20H,5,7,11H2,1H3. The second-order valence-corrected chi connectivity index (χ2v) is 6.54. The molecule has 3 aromatic heterocycles. The number of nitrogens with one attached hydrogen (secondary N) is 1. The van der Waals surface area contributed by atoms with Gasteiger partial charge in [-0.3, -0.25) is 4.79 Å². The second-order valence-electron chi connectivity index (χ2n) is 6.54. The van der Waals surface area contributed by atoms with Crippen LogP contribution in [0.15, 0.2) is 42.7 Å². The first-order chi connectivity index (χ1) is 12.2. The number of benzene rings is 1. The molecule has 0 atom stereocenters. The van der Waals surface area contributed by atoms with Crippen molar-refractivity contribution in [1.29, 1.82) is 0 Å². The van der Waals surface area contributed by atoms with Crippen molar-refractivity contribution in [3.8, 4) is 0 Å². The van der Waals surface area contributed by atoms with Gasteiger partial charge in [-0.1, -0.05) is 6.07 Å². The number of H-pyrrole nitrogens is 1. The molecule has 1 aliphatic heterocycles. The number of hydrogen-bond donors (Lipinski definition) is 1. The smallest absolute Gasteiger partial charge is 0.254 e. The zero-order chi connectivity index (χ0) is 17.0. The molecule has 25 heavy (non-hydrogen) atoms. The molecule has 0 radical (unpaired) electrons. The molecule has 4 aromatic rings. The molecule has 6 nitrogen and oxygen atoms in total. The van der Waals surface area contributed by atoms with Gasteiger partial charge in [0.05, 0.1) is 11.4 Å². The Morgan fingerprint density at radius 1 is 1.24 bits per heavy atom. The van der Waals surface area contributed by atoms with Gasteiger partial charge in [0.1, 0.15) is 0 Å². The molecule has 0 aliphatic carbocycles. The van der Waals surface area contributed by atoms with Gasteiger partial charge in [-0.05, 0) is 30.5 Å². The number of carbonyl (C=O) groups excluding carboxylic acids is 1. The number of fused-ring (bicyclic) bond motifs is 4. The van der Waals surface area contributed by atoms with Crippen molar-refractivity contribution in [3.05, 3.63) is 65.2 Å². The molecular formula is C19H17N5O. The van der Waals surface area contributed by atoms with Crippen LogP contribution in [0.3, 0.4) is 0 Å². The number of hydrogen-bond acceptors (Lipinski definition) is 3. The summed E-state index contributed by atoms with van der Waals surface area (Å²) in [5, 5.41) is 5.64. The van der Waals surface area contributed by atoms with Gasteiger partial charge in [-0.15, -0.1) is 0 Å². The van der Waals surface area contributed by atoms with Crippen LogP contribution in [0.5, 0.6) is 0 Å². The van der Waals surface area contributed by atoms with Crippen molar-refractivity contribution in [3.63, 3.8) is 0 Å². The first-order valence-electron chi connectivity index (χ1n) is 8.38. The van der Waals surface area contributed by atoms with Crippen LogP contribution >= 0.6 is 0 Å². The van der Waals surface area contributed by atoms with Crippen molar-refractivity contribution >= 4 is 22.5 Å². The van der Waals surface area contributed by atoms with E-state index in [4.69, 9.17) is 0 Å². The summed E-state index contributed by atoms with van der Waals surface area (Å²) in [6.45, 7) is 3.22. The fourth-order valence-corrected chi connectivity index (χ4v) is 3.59. The Kier molecular flexibility index (Phi) is 2.94. The SMILES string of the molecule is Cc1cc2ncc3c(n2n1)CCN(C(=O)c1ccc2cc[nH]c2c1)C3. The van der Waals surface area contributed by atoms with Gasteiger partial charge in [0.25, 0.3) is 5.91 Å². The maximum Gasteiger partial charge on any atom is 0.254 e. The first kappa shape index (κ1) is 14.2. The summed E-state index contributed by atoms with van der Waals surface area (Å²) in [5.74, 6) is 0.0545. The molecule has 0 spiro atoms. The van der Waals surface area contributed by atoms with Crippen LogP contribution < -0.4 is 0 Å². The summed E-state index contributed by atoms with van der Waals surface area (Å²) in [6, 6.07) is 9.78. The van der Waals surface area contributed by atoms with Gasteiger partial charge in [-0.25, -0.2) is 9.50 Å². The minimum absolute atomic E-state index is 0.0545. The van der Waals surface area contributed by atoms with Crippen molar-refractivity contribution < 1.29 is 4.79 Å². The zero-order valence-corrected chi connectivity index (χ0v) is 13.9. The highest BCUT2D eigenvalue weighted by molar-refractivity contribution is 5.98. The topological polar surface area (TPSA) is 66.3 Å². The van der Waals surface area contributed by atoms with Gasteiger partial charge in [0.15, 0.2) is 5.65 Å². The van der Waals surface area contributed by atoms with Crippen LogP contribution in [0.1, 0.15) is 27.3 Å². The molecule has 0 unspecified atom stereocenters. The lowest BCUT2D eigenvalue weighted by atomic mass is 10.1. The second kappa shape index (κ2) is 5.17. The predicted octanol–water partition coefficient (Wildman–Crippen LogP) is 2.72. The van der Waals surface area contributed by atoms with Crippen molar-refractivity contribution in [2.75, 3.05) is 6.54 Å². The molecule has 1 N–H and O–H groups in total. The van der Waals surface area contributed by atoms with E-state index in [0.29, 0.717) is 18.7 Å². The lowest BCUT2D eigenvalue weighted by Crippen LogP contribution is -2.37. The van der Waals surface area contributed by atoms with E-state index in [9.17, 15) is 4.79 Å². The van der Waals surface area contributed by atoms with Gasteiger partial charge in [0, 0.05) is 54.6 Å². The summed E-state index contributed by atoms with van der Waals surface area (Å²) in [6.07, 6.45) is 4.55. The lowest BCUT2D eigenvalue weighted by Gasteiger charge is -2.28. The van der Waals surface area contributed by atoms with E-state index < -0.39 is 0 Å². The van der Waals surface area contributed by atoms with Crippen LogP contribution in [0, 0.1) is 6.92 Å². The molecule has 4 heterocycles. The van der Waals surface area contributed by atoms with Crippen molar-refractivity contribution in [2.24, 2.45) is 0 Å². The van der Waals surface area contributed by atoms with E-state index >= 15 is 0 Å². The Bertz CT molecular complexity index is 1120. The Balaban J connectivity index is 1.48. The summed E-state index contributed by atoms with van der Waals surface area (Å²) >= 11 is 0. The van der Waals surface area contributed by atoms with E-state index in [-0.39, 0.29) is 5.91 Å². The summed E-state index contributed by atoms with van der Waals surface area (Å²) in [5.41, 5.74) is 5.74. The Hall–Kier alpha value is -3.15. The van der Waals surface area contributed by atoms with Crippen LogP contribution in [0.25, 0.3) is 16.6 Å². The minimum atomic E-state index is 0.0545. The third kappa shape index (κ3) is 2.21. The fourth-order valence-electron chi connectivity index (χ4n) is 3.59. The van der Waals surface area contributed by atoms with Crippen LogP contribution in [0.4, 0.5) is 0 Å². The summed E-state index contributed by atoms with van der Waals surface area (Å²) in [7, 11) is 0. The molecule has 5 rings (SSSR count). The molecule has 1 amide bonds. The van der Waals surface area contributed by atoms with E-state index in [1.165, 1.54) is 0 Å². The molecular weight excluding hydrogens is 314 g/mol. The highest BCUT2D eigenvalue weighted by atomic mass is 16.2. The molecule has 0 saturated heterocycles. The molecule has 0 bridgehead atoms. The highest BCUT2D eigenvalue weighted by Crippen LogP contribution is 2.22. The Morgan fingerprint density at radius 2 is 2.16 bits per heavy atom. The van der Waals surface area contributed by atoms with Crippen LogP contribution in [-0.2, 0) is 13.0 Å². The third-order valence-electron chi connectivity index (χ3n) is 4.86. The largest absolute Gasteiger partial charge is 0.361 e. The van der Waals surface area contributed by atoms with Crippen LogP contribution in [0.2, 0.25) is 0 Å². The number of aromatic nitrogens is 4. The number of nitrogens with zero attached hydrogens (tertiary/aromatic N) is 4. The monoisotopic (exact) mass is 331 g/mol. The van der Waals surface area contributed by atoms with Gasteiger partial charge in [-0.2, -0.15) is 5.10 Å². The van der Waals surface area contributed by atoms with E-state index in [2.05, 4.69) is 15.1 Å². The Morgan fingerprint density at radius 3 is 3.08 bits per heavy atom. The normalized spacial score (nSPS) is 14.2. The molecule has 124 valence electrons.